The molecule has 0 saturated heterocycles. The van der Waals surface area contributed by atoms with E-state index in [1.807, 2.05) is 13.8 Å². The van der Waals surface area contributed by atoms with E-state index in [9.17, 15) is 17.6 Å². The van der Waals surface area contributed by atoms with E-state index in [-0.39, 0.29) is 28.6 Å². The standard InChI is InChI=1S/C22H21ClFN3O3S/c1-22(2)10-17-19(18(28)11-22)20(15-7-6-14(24)9-16(15)23)26-21(27(17)31(3,29)30)13-5-4-8-25-12-13/h4-9,12,20H,10-11H2,1-3H3/t20-/m0/s1. The van der Waals surface area contributed by atoms with Crippen LogP contribution in [0.25, 0.3) is 0 Å². The van der Waals surface area contributed by atoms with E-state index in [2.05, 4.69) is 9.98 Å². The highest BCUT2D eigenvalue weighted by Gasteiger charge is 2.45. The van der Waals surface area contributed by atoms with Gasteiger partial charge < -0.3 is 0 Å². The van der Waals surface area contributed by atoms with Crippen LogP contribution in [0.4, 0.5) is 4.39 Å². The van der Waals surface area contributed by atoms with Gasteiger partial charge in [-0.1, -0.05) is 31.5 Å². The molecule has 1 atom stereocenters. The summed E-state index contributed by atoms with van der Waals surface area (Å²) < 4.78 is 40.6. The Bertz CT molecular complexity index is 1240. The second kappa shape index (κ2) is 7.53. The third kappa shape index (κ3) is 4.02. The van der Waals surface area contributed by atoms with E-state index in [1.54, 1.807) is 18.3 Å². The van der Waals surface area contributed by atoms with Crippen LogP contribution in [-0.4, -0.2) is 35.6 Å². The molecule has 0 saturated carbocycles. The van der Waals surface area contributed by atoms with Gasteiger partial charge >= 0.3 is 0 Å². The second-order valence-electron chi connectivity index (χ2n) is 8.59. The molecule has 0 amide bonds. The Morgan fingerprint density at radius 1 is 1.23 bits per heavy atom. The van der Waals surface area contributed by atoms with Gasteiger partial charge in [-0.3, -0.25) is 14.8 Å². The smallest absolute Gasteiger partial charge is 0.237 e. The van der Waals surface area contributed by atoms with Gasteiger partial charge in [0.1, 0.15) is 11.9 Å². The number of rotatable bonds is 3. The molecule has 0 spiro atoms. The van der Waals surface area contributed by atoms with Crippen molar-refractivity contribution in [2.24, 2.45) is 10.4 Å². The van der Waals surface area contributed by atoms with Crippen LogP contribution in [0.2, 0.25) is 5.02 Å². The van der Waals surface area contributed by atoms with Crippen molar-refractivity contribution in [3.8, 4) is 0 Å². The molecule has 0 fully saturated rings. The van der Waals surface area contributed by atoms with Gasteiger partial charge in [-0.05, 0) is 36.1 Å². The van der Waals surface area contributed by atoms with Crippen LogP contribution in [0.5, 0.6) is 0 Å². The molecule has 0 bridgehead atoms. The largest absolute Gasteiger partial charge is 0.294 e. The van der Waals surface area contributed by atoms with Gasteiger partial charge in [0, 0.05) is 46.2 Å². The maximum Gasteiger partial charge on any atom is 0.237 e. The Labute approximate surface area is 185 Å². The monoisotopic (exact) mass is 461 g/mol. The summed E-state index contributed by atoms with van der Waals surface area (Å²) in [4.78, 5) is 22.0. The molecule has 1 aliphatic carbocycles. The van der Waals surface area contributed by atoms with E-state index in [0.29, 0.717) is 23.2 Å². The number of carbonyl (C=O) groups is 1. The molecule has 1 aromatic carbocycles. The Kier molecular flexibility index (Phi) is 5.26. The van der Waals surface area contributed by atoms with Gasteiger partial charge in [-0.2, -0.15) is 0 Å². The van der Waals surface area contributed by atoms with Gasteiger partial charge in [0.15, 0.2) is 11.6 Å². The number of aromatic nitrogens is 1. The van der Waals surface area contributed by atoms with Crippen LogP contribution in [-0.2, 0) is 14.8 Å². The number of Topliss-reactive ketones (excluding diaryl/α,β-unsaturated/α-hetero) is 1. The number of benzene rings is 1. The average molecular weight is 462 g/mol. The highest BCUT2D eigenvalue weighted by Crippen LogP contribution is 2.48. The fraction of sp³-hybridized carbons (Fsp3) is 0.318. The number of allylic oxidation sites excluding steroid dienone is 1. The number of pyridine rings is 1. The summed E-state index contributed by atoms with van der Waals surface area (Å²) in [6, 6.07) is 6.44. The number of amidine groups is 1. The molecule has 2 aliphatic rings. The first-order valence-electron chi connectivity index (χ1n) is 9.68. The third-order valence-electron chi connectivity index (χ3n) is 5.37. The first-order chi connectivity index (χ1) is 14.5. The van der Waals surface area contributed by atoms with E-state index in [0.717, 1.165) is 16.6 Å². The van der Waals surface area contributed by atoms with Gasteiger partial charge in [0.05, 0.1) is 6.26 Å². The third-order valence-corrected chi connectivity index (χ3v) is 6.75. The molecule has 6 nitrogen and oxygen atoms in total. The van der Waals surface area contributed by atoms with Crippen LogP contribution in [0.3, 0.4) is 0 Å². The zero-order valence-corrected chi connectivity index (χ0v) is 18.8. The Balaban J connectivity index is 2.03. The van der Waals surface area contributed by atoms with Crippen molar-refractivity contribution in [1.82, 2.24) is 9.29 Å². The Hall–Kier alpha value is -2.58. The number of hydrogen-bond donors (Lipinski definition) is 0. The van der Waals surface area contributed by atoms with Gasteiger partial charge in [-0.15, -0.1) is 0 Å². The highest BCUT2D eigenvalue weighted by molar-refractivity contribution is 7.89. The van der Waals surface area contributed by atoms with Gasteiger partial charge in [0.2, 0.25) is 10.0 Å². The summed E-state index contributed by atoms with van der Waals surface area (Å²) in [5.41, 5.74) is 1.15. The number of hydrogen-bond acceptors (Lipinski definition) is 5. The summed E-state index contributed by atoms with van der Waals surface area (Å²) >= 11 is 6.33. The molecule has 0 N–H and O–H groups in total. The molecule has 0 radical (unpaired) electrons. The molecule has 31 heavy (non-hydrogen) atoms. The van der Waals surface area contributed by atoms with Crippen molar-refractivity contribution in [2.75, 3.05) is 6.26 Å². The molecule has 2 aromatic rings. The summed E-state index contributed by atoms with van der Waals surface area (Å²) in [6.45, 7) is 3.84. The number of sulfonamides is 1. The number of ketones is 1. The number of carbonyl (C=O) groups excluding carboxylic acids is 1. The number of halogens is 2. The van der Waals surface area contributed by atoms with Crippen LogP contribution in [0.1, 0.15) is 43.9 Å². The molecular formula is C22H21ClFN3O3S. The van der Waals surface area contributed by atoms with Crippen LogP contribution in [0.15, 0.2) is 59.0 Å². The normalized spacial score (nSPS) is 21.1. The van der Waals surface area contributed by atoms with Crippen molar-refractivity contribution in [3.05, 3.63) is 76.0 Å². The Morgan fingerprint density at radius 2 is 1.97 bits per heavy atom. The quantitative estimate of drug-likeness (QED) is 0.683. The lowest BCUT2D eigenvalue weighted by Gasteiger charge is -2.41. The van der Waals surface area contributed by atoms with E-state index in [1.165, 1.54) is 18.3 Å². The van der Waals surface area contributed by atoms with Crippen LogP contribution in [0, 0.1) is 11.2 Å². The number of nitrogens with zero attached hydrogens (tertiary/aromatic N) is 3. The SMILES string of the molecule is CC1(C)CC(=O)C2=C(C1)N(S(C)(=O)=O)C(c1cccnc1)=N[C@H]2c1ccc(F)cc1Cl. The molecule has 9 heteroatoms. The topological polar surface area (TPSA) is 79.7 Å². The van der Waals surface area contributed by atoms with Gasteiger partial charge in [-0.25, -0.2) is 17.1 Å². The summed E-state index contributed by atoms with van der Waals surface area (Å²) in [5, 5.41) is 0.122. The van der Waals surface area contributed by atoms with Crippen molar-refractivity contribution in [3.63, 3.8) is 0 Å². The predicted octanol–water partition coefficient (Wildman–Crippen LogP) is 4.28. The molecule has 1 aromatic heterocycles. The van der Waals surface area contributed by atoms with Crippen molar-refractivity contribution >= 4 is 33.2 Å². The molecule has 162 valence electrons. The first-order valence-corrected chi connectivity index (χ1v) is 11.9. The number of aliphatic imine (C=N–C) groups is 1. The van der Waals surface area contributed by atoms with E-state index in [4.69, 9.17) is 11.6 Å². The fourth-order valence-corrected chi connectivity index (χ4v) is 5.45. The Morgan fingerprint density at radius 3 is 2.58 bits per heavy atom. The fourth-order valence-electron chi connectivity index (χ4n) is 4.15. The summed E-state index contributed by atoms with van der Waals surface area (Å²) in [7, 11) is -3.82. The predicted molar refractivity (Wildman–Crippen MR) is 117 cm³/mol. The van der Waals surface area contributed by atoms with Crippen LogP contribution < -0.4 is 0 Å². The average Bonchev–Trinajstić information content (AvgIpc) is 2.65. The summed E-state index contributed by atoms with van der Waals surface area (Å²) in [6.07, 6.45) is 4.78. The minimum absolute atomic E-state index is 0.122. The minimum Gasteiger partial charge on any atom is -0.294 e. The first kappa shape index (κ1) is 21.6. The van der Waals surface area contributed by atoms with Crippen LogP contribution >= 0.6 is 11.6 Å². The lowest BCUT2D eigenvalue weighted by molar-refractivity contribution is -0.118. The molecule has 4 rings (SSSR count). The second-order valence-corrected chi connectivity index (χ2v) is 10.8. The lowest BCUT2D eigenvalue weighted by Crippen LogP contribution is -2.45. The minimum atomic E-state index is -3.82. The van der Waals surface area contributed by atoms with Gasteiger partial charge in [0.25, 0.3) is 0 Å². The van der Waals surface area contributed by atoms with Crippen molar-refractivity contribution in [2.45, 2.75) is 32.7 Å². The zero-order chi connectivity index (χ0) is 22.6. The maximum absolute atomic E-state index is 13.7. The molecule has 1 aliphatic heterocycles. The lowest BCUT2D eigenvalue weighted by atomic mass is 9.73. The van der Waals surface area contributed by atoms with E-state index >= 15 is 0 Å². The molecular weight excluding hydrogens is 441 g/mol. The summed E-state index contributed by atoms with van der Waals surface area (Å²) in [5.74, 6) is -0.548. The van der Waals surface area contributed by atoms with E-state index < -0.39 is 27.3 Å². The molecule has 0 unspecified atom stereocenters. The van der Waals surface area contributed by atoms with Crippen molar-refractivity contribution in [1.29, 1.82) is 0 Å². The maximum atomic E-state index is 13.7. The van der Waals surface area contributed by atoms with Crippen molar-refractivity contribution < 1.29 is 17.6 Å². The molecule has 2 heterocycles. The highest BCUT2D eigenvalue weighted by atomic mass is 35.5. The zero-order valence-electron chi connectivity index (χ0n) is 17.3.